The third-order valence-corrected chi connectivity index (χ3v) is 3.22. The summed E-state index contributed by atoms with van der Waals surface area (Å²) in [6.07, 6.45) is -3.54. The van der Waals surface area contributed by atoms with Crippen LogP contribution in [0.2, 0.25) is 0 Å². The summed E-state index contributed by atoms with van der Waals surface area (Å²) in [4.78, 5) is 3.87. The molecule has 0 amide bonds. The van der Waals surface area contributed by atoms with E-state index in [1.54, 1.807) is 24.3 Å². The van der Waals surface area contributed by atoms with Crippen LogP contribution in [0.4, 0.5) is 13.2 Å². The molecule has 0 saturated carbocycles. The molecule has 0 aliphatic carbocycles. The van der Waals surface area contributed by atoms with Crippen LogP contribution in [-0.4, -0.2) is 4.98 Å². The number of pyridine rings is 1. The van der Waals surface area contributed by atoms with Crippen molar-refractivity contribution in [2.24, 2.45) is 0 Å². The third-order valence-electron chi connectivity index (χ3n) is 3.22. The highest BCUT2D eigenvalue weighted by molar-refractivity contribution is 5.60. The van der Waals surface area contributed by atoms with Gasteiger partial charge in [-0.15, -0.1) is 0 Å². The van der Waals surface area contributed by atoms with Crippen molar-refractivity contribution in [1.82, 2.24) is 4.98 Å². The highest BCUT2D eigenvalue weighted by Gasteiger charge is 2.30. The van der Waals surface area contributed by atoms with Gasteiger partial charge in [0, 0.05) is 11.8 Å². The van der Waals surface area contributed by atoms with Crippen molar-refractivity contribution in [3.8, 4) is 22.8 Å². The number of ether oxygens (including phenoxy) is 1. The van der Waals surface area contributed by atoms with Crippen LogP contribution in [0.15, 0.2) is 72.9 Å². The molecule has 3 aromatic rings. The molecule has 0 bridgehead atoms. The van der Waals surface area contributed by atoms with Gasteiger partial charge in [0.05, 0.1) is 11.3 Å². The van der Waals surface area contributed by atoms with Crippen molar-refractivity contribution >= 4 is 0 Å². The Hall–Kier alpha value is -2.82. The van der Waals surface area contributed by atoms with Crippen molar-refractivity contribution in [1.29, 1.82) is 0 Å². The topological polar surface area (TPSA) is 22.1 Å². The first-order valence-corrected chi connectivity index (χ1v) is 6.89. The highest BCUT2D eigenvalue weighted by atomic mass is 19.4. The van der Waals surface area contributed by atoms with Gasteiger partial charge in [0.25, 0.3) is 0 Å². The van der Waals surface area contributed by atoms with E-state index in [1.165, 1.54) is 6.07 Å². The minimum atomic E-state index is -4.38. The molecule has 2 aromatic carbocycles. The third kappa shape index (κ3) is 3.69. The van der Waals surface area contributed by atoms with Gasteiger partial charge in [-0.1, -0.05) is 18.2 Å². The highest BCUT2D eigenvalue weighted by Crippen LogP contribution is 2.30. The largest absolute Gasteiger partial charge is 0.457 e. The molecule has 0 spiro atoms. The lowest BCUT2D eigenvalue weighted by atomic mass is 10.1. The van der Waals surface area contributed by atoms with Gasteiger partial charge in [0.2, 0.25) is 0 Å². The average molecular weight is 315 g/mol. The fourth-order valence-corrected chi connectivity index (χ4v) is 2.05. The summed E-state index contributed by atoms with van der Waals surface area (Å²) in [6, 6.07) is 18.7. The van der Waals surface area contributed by atoms with Gasteiger partial charge in [-0.05, 0) is 48.5 Å². The number of nitrogens with zero attached hydrogens (tertiary/aromatic N) is 1. The number of aromatic nitrogens is 1. The Balaban J connectivity index is 1.77. The fraction of sp³-hybridized carbons (Fsp3) is 0.0556. The number of halogens is 3. The maximum absolute atomic E-state index is 12.5. The first-order valence-electron chi connectivity index (χ1n) is 6.89. The van der Waals surface area contributed by atoms with Gasteiger partial charge in [-0.25, -0.2) is 0 Å². The van der Waals surface area contributed by atoms with Gasteiger partial charge >= 0.3 is 6.18 Å². The summed E-state index contributed by atoms with van der Waals surface area (Å²) < 4.78 is 43.2. The lowest BCUT2D eigenvalue weighted by Crippen LogP contribution is -2.05. The monoisotopic (exact) mass is 315 g/mol. The van der Waals surface area contributed by atoms with Gasteiger partial charge in [0.15, 0.2) is 0 Å². The SMILES string of the molecule is FC(F)(F)c1ccc(-c2ccc(Oc3ccccc3)cc2)nc1. The van der Waals surface area contributed by atoms with Crippen LogP contribution >= 0.6 is 0 Å². The number of rotatable bonds is 3. The van der Waals surface area contributed by atoms with E-state index in [4.69, 9.17) is 4.74 Å². The molecule has 0 aliphatic heterocycles. The van der Waals surface area contributed by atoms with Gasteiger partial charge in [-0.3, -0.25) is 4.98 Å². The Kier molecular flexibility index (Phi) is 4.02. The molecular formula is C18H12F3NO. The number of hydrogen-bond acceptors (Lipinski definition) is 2. The van der Waals surface area contributed by atoms with E-state index in [9.17, 15) is 13.2 Å². The molecule has 23 heavy (non-hydrogen) atoms. The summed E-state index contributed by atoms with van der Waals surface area (Å²) in [5.41, 5.74) is 0.439. The van der Waals surface area contributed by atoms with Crippen LogP contribution < -0.4 is 4.74 Å². The molecule has 0 atom stereocenters. The maximum atomic E-state index is 12.5. The Bertz CT molecular complexity index is 766. The summed E-state index contributed by atoms with van der Waals surface area (Å²) in [7, 11) is 0. The summed E-state index contributed by atoms with van der Waals surface area (Å²) in [5.74, 6) is 1.36. The molecule has 1 aromatic heterocycles. The standard InChI is InChI=1S/C18H12F3NO/c19-18(20,21)14-8-11-17(22-12-14)13-6-9-16(10-7-13)23-15-4-2-1-3-5-15/h1-12H. The van der Waals surface area contributed by atoms with Crippen LogP contribution in [-0.2, 0) is 6.18 Å². The van der Waals surface area contributed by atoms with Crippen molar-refractivity contribution in [3.63, 3.8) is 0 Å². The molecule has 3 rings (SSSR count). The van der Waals surface area contributed by atoms with E-state index in [-0.39, 0.29) is 0 Å². The minimum absolute atomic E-state index is 0.476. The zero-order chi connectivity index (χ0) is 16.3. The molecule has 5 heteroatoms. The van der Waals surface area contributed by atoms with E-state index >= 15 is 0 Å². The lowest BCUT2D eigenvalue weighted by Gasteiger charge is -2.08. The fourth-order valence-electron chi connectivity index (χ4n) is 2.05. The second-order valence-corrected chi connectivity index (χ2v) is 4.87. The zero-order valence-electron chi connectivity index (χ0n) is 11.9. The Morgan fingerprint density at radius 3 is 1.96 bits per heavy atom. The molecular weight excluding hydrogens is 303 g/mol. The van der Waals surface area contributed by atoms with Crippen LogP contribution in [0.5, 0.6) is 11.5 Å². The van der Waals surface area contributed by atoms with Crippen LogP contribution in [0.25, 0.3) is 11.3 Å². The van der Waals surface area contributed by atoms with Crippen LogP contribution in [0.1, 0.15) is 5.56 Å². The first-order chi connectivity index (χ1) is 11.0. The zero-order valence-corrected chi connectivity index (χ0v) is 11.9. The number of benzene rings is 2. The van der Waals surface area contributed by atoms with Crippen molar-refractivity contribution < 1.29 is 17.9 Å². The second kappa shape index (κ2) is 6.12. The van der Waals surface area contributed by atoms with E-state index in [2.05, 4.69) is 4.98 Å². The first kappa shape index (κ1) is 15.1. The van der Waals surface area contributed by atoms with Crippen LogP contribution in [0.3, 0.4) is 0 Å². The van der Waals surface area contributed by atoms with Crippen molar-refractivity contribution in [2.45, 2.75) is 6.18 Å². The Morgan fingerprint density at radius 2 is 1.39 bits per heavy atom. The second-order valence-electron chi connectivity index (χ2n) is 4.87. The average Bonchev–Trinajstić information content (AvgIpc) is 2.56. The maximum Gasteiger partial charge on any atom is 0.417 e. The number of hydrogen-bond donors (Lipinski definition) is 0. The number of para-hydroxylation sites is 1. The predicted octanol–water partition coefficient (Wildman–Crippen LogP) is 5.56. The molecule has 2 nitrogen and oxygen atoms in total. The van der Waals surface area contributed by atoms with Crippen molar-refractivity contribution in [2.75, 3.05) is 0 Å². The molecule has 116 valence electrons. The molecule has 0 radical (unpaired) electrons. The van der Waals surface area contributed by atoms with E-state index in [0.717, 1.165) is 17.8 Å². The molecule has 0 aliphatic rings. The molecule has 0 saturated heterocycles. The quantitative estimate of drug-likeness (QED) is 0.631. The summed E-state index contributed by atoms with van der Waals surface area (Å²) >= 11 is 0. The van der Waals surface area contributed by atoms with Crippen molar-refractivity contribution in [3.05, 3.63) is 78.5 Å². The molecule has 0 unspecified atom stereocenters. The summed E-state index contributed by atoms with van der Waals surface area (Å²) in [6.45, 7) is 0. The van der Waals surface area contributed by atoms with E-state index in [0.29, 0.717) is 17.2 Å². The smallest absolute Gasteiger partial charge is 0.417 e. The molecule has 1 heterocycles. The van der Waals surface area contributed by atoms with E-state index < -0.39 is 11.7 Å². The Labute approximate surface area is 131 Å². The van der Waals surface area contributed by atoms with E-state index in [1.807, 2.05) is 30.3 Å². The number of alkyl halides is 3. The van der Waals surface area contributed by atoms with Gasteiger partial charge in [-0.2, -0.15) is 13.2 Å². The minimum Gasteiger partial charge on any atom is -0.457 e. The van der Waals surface area contributed by atoms with Gasteiger partial charge in [0.1, 0.15) is 11.5 Å². The normalized spacial score (nSPS) is 11.3. The lowest BCUT2D eigenvalue weighted by molar-refractivity contribution is -0.137. The Morgan fingerprint density at radius 1 is 0.739 bits per heavy atom. The summed E-state index contributed by atoms with van der Waals surface area (Å²) in [5, 5.41) is 0. The molecule has 0 fully saturated rings. The van der Waals surface area contributed by atoms with Gasteiger partial charge < -0.3 is 4.74 Å². The van der Waals surface area contributed by atoms with Crippen LogP contribution in [0, 0.1) is 0 Å². The predicted molar refractivity (Wildman–Crippen MR) is 81.2 cm³/mol. The molecule has 0 N–H and O–H groups in total.